The van der Waals surface area contributed by atoms with Crippen molar-refractivity contribution in [1.82, 2.24) is 9.88 Å². The van der Waals surface area contributed by atoms with Crippen molar-refractivity contribution in [2.45, 2.75) is 13.0 Å². The molecule has 0 saturated heterocycles. The molecule has 0 saturated carbocycles. The Bertz CT molecular complexity index is 1080. The van der Waals surface area contributed by atoms with Gasteiger partial charge in [0.2, 0.25) is 5.91 Å². The smallest absolute Gasteiger partial charge is 0.268 e. The number of rotatable bonds is 4. The van der Waals surface area contributed by atoms with E-state index >= 15 is 0 Å². The van der Waals surface area contributed by atoms with Crippen LogP contribution in [-0.4, -0.2) is 28.7 Å². The molecule has 4 rings (SSSR count). The number of benzene rings is 2. The summed E-state index contributed by atoms with van der Waals surface area (Å²) in [5.74, 6) is -0.714. The average Bonchev–Trinajstić information content (AvgIpc) is 3.06. The van der Waals surface area contributed by atoms with Crippen LogP contribution in [0.3, 0.4) is 0 Å². The molecule has 2 heterocycles. The Labute approximate surface area is 162 Å². The second-order valence-corrected chi connectivity index (χ2v) is 6.74. The zero-order valence-corrected chi connectivity index (χ0v) is 15.1. The van der Waals surface area contributed by atoms with Crippen LogP contribution in [0.15, 0.2) is 60.8 Å². The number of aromatic nitrogens is 1. The molecule has 2 amide bonds. The number of carbonyl (C=O) groups is 3. The van der Waals surface area contributed by atoms with E-state index in [2.05, 4.69) is 5.32 Å². The maximum absolute atomic E-state index is 12.3. The summed E-state index contributed by atoms with van der Waals surface area (Å²) < 4.78 is 1.79. The fraction of sp³-hybridized carbons (Fsp3) is 0.136. The zero-order valence-electron chi connectivity index (χ0n) is 15.1. The fourth-order valence-corrected chi connectivity index (χ4v) is 3.53. The quantitative estimate of drug-likeness (QED) is 0.736. The van der Waals surface area contributed by atoms with Crippen LogP contribution in [0.4, 0.5) is 0 Å². The lowest BCUT2D eigenvalue weighted by Crippen LogP contribution is -2.25. The number of amides is 2. The number of ketones is 1. The zero-order chi connectivity index (χ0) is 19.7. The largest absolute Gasteiger partial charge is 0.366 e. The van der Waals surface area contributed by atoms with Crippen LogP contribution >= 0.6 is 0 Å². The van der Waals surface area contributed by atoms with Crippen molar-refractivity contribution in [3.8, 4) is 11.1 Å². The first-order valence-electron chi connectivity index (χ1n) is 9.03. The summed E-state index contributed by atoms with van der Waals surface area (Å²) in [7, 11) is 0. The highest BCUT2D eigenvalue weighted by atomic mass is 16.2. The molecule has 3 N–H and O–H groups in total. The van der Waals surface area contributed by atoms with Crippen LogP contribution in [0.5, 0.6) is 0 Å². The van der Waals surface area contributed by atoms with Gasteiger partial charge in [-0.25, -0.2) is 0 Å². The minimum Gasteiger partial charge on any atom is -0.366 e. The van der Waals surface area contributed by atoms with Gasteiger partial charge in [0, 0.05) is 36.8 Å². The number of nitrogens with one attached hydrogen (secondary N) is 1. The van der Waals surface area contributed by atoms with E-state index in [1.807, 2.05) is 36.4 Å². The highest BCUT2D eigenvalue weighted by Gasteiger charge is 2.24. The Morgan fingerprint density at radius 2 is 1.75 bits per heavy atom. The van der Waals surface area contributed by atoms with Gasteiger partial charge in [0.15, 0.2) is 5.78 Å². The van der Waals surface area contributed by atoms with Crippen LogP contribution in [0.1, 0.15) is 43.2 Å². The molecule has 0 bridgehead atoms. The molecule has 0 spiro atoms. The van der Waals surface area contributed by atoms with Crippen LogP contribution in [0.2, 0.25) is 0 Å². The first kappa shape index (κ1) is 17.7. The molecule has 0 fully saturated rings. The van der Waals surface area contributed by atoms with Gasteiger partial charge in [-0.3, -0.25) is 14.4 Å². The van der Waals surface area contributed by atoms with Crippen molar-refractivity contribution in [1.29, 1.82) is 0 Å². The Balaban J connectivity index is 1.63. The van der Waals surface area contributed by atoms with E-state index < -0.39 is 5.91 Å². The van der Waals surface area contributed by atoms with Crippen LogP contribution < -0.4 is 11.1 Å². The molecule has 2 aromatic carbocycles. The maximum Gasteiger partial charge on any atom is 0.268 e. The predicted octanol–water partition coefficient (Wildman–Crippen LogP) is 2.62. The number of Topliss-reactive ketones (excluding diaryl/α,β-unsaturated/α-hetero) is 1. The molecular formula is C22H19N3O3. The van der Waals surface area contributed by atoms with Crippen molar-refractivity contribution in [3.63, 3.8) is 0 Å². The summed E-state index contributed by atoms with van der Waals surface area (Å²) in [6.45, 7) is 0.827. The SMILES string of the molecule is NC(=O)c1ccccc1-c1ccc(Cn2ccc3c2C(=O)NCCC3=O)cc1. The third-order valence-electron chi connectivity index (χ3n) is 4.93. The monoisotopic (exact) mass is 373 g/mol. The molecule has 0 radical (unpaired) electrons. The minimum absolute atomic E-state index is 0.0227. The molecule has 6 heteroatoms. The fourth-order valence-electron chi connectivity index (χ4n) is 3.53. The van der Waals surface area contributed by atoms with Crippen molar-refractivity contribution >= 4 is 17.6 Å². The Morgan fingerprint density at radius 1 is 1.00 bits per heavy atom. The van der Waals surface area contributed by atoms with E-state index in [0.29, 0.717) is 36.3 Å². The second-order valence-electron chi connectivity index (χ2n) is 6.74. The molecule has 0 unspecified atom stereocenters. The topological polar surface area (TPSA) is 94.2 Å². The number of primary amides is 1. The summed E-state index contributed by atoms with van der Waals surface area (Å²) >= 11 is 0. The van der Waals surface area contributed by atoms with Gasteiger partial charge in [0.25, 0.3) is 5.91 Å². The van der Waals surface area contributed by atoms with Gasteiger partial charge in [-0.15, -0.1) is 0 Å². The molecule has 3 aromatic rings. The third kappa shape index (κ3) is 3.20. The molecule has 1 aliphatic rings. The lowest BCUT2D eigenvalue weighted by Gasteiger charge is -2.11. The normalized spacial score (nSPS) is 13.6. The Hall–Kier alpha value is -3.67. The Morgan fingerprint density at radius 3 is 2.50 bits per heavy atom. The summed E-state index contributed by atoms with van der Waals surface area (Å²) in [6.07, 6.45) is 2.08. The lowest BCUT2D eigenvalue weighted by molar-refractivity contribution is 0.0946. The molecule has 1 aromatic heterocycles. The molecule has 140 valence electrons. The average molecular weight is 373 g/mol. The van der Waals surface area contributed by atoms with Crippen molar-refractivity contribution in [3.05, 3.63) is 83.2 Å². The minimum atomic E-state index is -0.467. The second kappa shape index (κ2) is 7.15. The van der Waals surface area contributed by atoms with E-state index in [9.17, 15) is 14.4 Å². The van der Waals surface area contributed by atoms with E-state index in [1.165, 1.54) is 0 Å². The number of hydrogen-bond donors (Lipinski definition) is 2. The number of fused-ring (bicyclic) bond motifs is 1. The number of hydrogen-bond acceptors (Lipinski definition) is 3. The summed E-state index contributed by atoms with van der Waals surface area (Å²) in [4.78, 5) is 36.1. The Kier molecular flexibility index (Phi) is 4.53. The predicted molar refractivity (Wildman–Crippen MR) is 105 cm³/mol. The van der Waals surface area contributed by atoms with E-state index in [-0.39, 0.29) is 11.7 Å². The summed E-state index contributed by atoms with van der Waals surface area (Å²) in [5, 5.41) is 2.77. The van der Waals surface area contributed by atoms with Crippen LogP contribution in [0.25, 0.3) is 11.1 Å². The summed E-state index contributed by atoms with van der Waals surface area (Å²) in [6, 6.07) is 16.6. The van der Waals surface area contributed by atoms with E-state index in [4.69, 9.17) is 5.73 Å². The maximum atomic E-state index is 12.3. The van der Waals surface area contributed by atoms with Crippen molar-refractivity contribution in [2.75, 3.05) is 6.54 Å². The van der Waals surface area contributed by atoms with E-state index in [1.54, 1.807) is 29.0 Å². The van der Waals surface area contributed by atoms with Crippen LogP contribution in [-0.2, 0) is 6.54 Å². The van der Waals surface area contributed by atoms with E-state index in [0.717, 1.165) is 16.7 Å². The van der Waals surface area contributed by atoms with Gasteiger partial charge in [-0.05, 0) is 28.8 Å². The molecule has 1 aliphatic heterocycles. The van der Waals surface area contributed by atoms with Crippen molar-refractivity contribution in [2.24, 2.45) is 5.73 Å². The lowest BCUT2D eigenvalue weighted by atomic mass is 9.98. The van der Waals surface area contributed by atoms with Crippen LogP contribution in [0, 0.1) is 0 Å². The van der Waals surface area contributed by atoms with Gasteiger partial charge >= 0.3 is 0 Å². The molecule has 28 heavy (non-hydrogen) atoms. The van der Waals surface area contributed by atoms with Gasteiger partial charge in [0.1, 0.15) is 5.69 Å². The first-order chi connectivity index (χ1) is 13.5. The number of nitrogens with two attached hydrogens (primary N) is 1. The number of nitrogens with zero attached hydrogens (tertiary/aromatic N) is 1. The molecule has 0 aliphatic carbocycles. The van der Waals surface area contributed by atoms with Gasteiger partial charge in [-0.1, -0.05) is 42.5 Å². The molecule has 6 nitrogen and oxygen atoms in total. The highest BCUT2D eigenvalue weighted by Crippen LogP contribution is 2.24. The first-order valence-corrected chi connectivity index (χ1v) is 9.03. The van der Waals surface area contributed by atoms with Gasteiger partial charge in [0.05, 0.1) is 0 Å². The molecule has 0 atom stereocenters. The molecular weight excluding hydrogens is 354 g/mol. The van der Waals surface area contributed by atoms with Crippen molar-refractivity contribution < 1.29 is 14.4 Å². The third-order valence-corrected chi connectivity index (χ3v) is 4.93. The highest BCUT2D eigenvalue weighted by molar-refractivity contribution is 6.09. The van der Waals surface area contributed by atoms with Gasteiger partial charge < -0.3 is 15.6 Å². The van der Waals surface area contributed by atoms with Gasteiger partial charge in [-0.2, -0.15) is 0 Å². The standard InChI is InChI=1S/C22H19N3O3/c23-21(27)17-4-2-1-3-16(17)15-7-5-14(6-8-15)13-25-12-10-18-19(26)9-11-24-22(28)20(18)25/h1-8,10,12H,9,11,13H2,(H2,23,27)(H,24,28). The number of carbonyl (C=O) groups excluding carboxylic acids is 3. The summed E-state index contributed by atoms with van der Waals surface area (Å²) in [5.41, 5.74) is 9.46.